The van der Waals surface area contributed by atoms with Crippen LogP contribution in [0.4, 0.5) is 0 Å². The molecule has 1 aliphatic rings. The number of aliphatic hydroxyl groups is 1. The van der Waals surface area contributed by atoms with Gasteiger partial charge in [0.25, 0.3) is 0 Å². The fourth-order valence-electron chi connectivity index (χ4n) is 1.36. The lowest BCUT2D eigenvalue weighted by atomic mass is 9.92. The second kappa shape index (κ2) is 7.17. The van der Waals surface area contributed by atoms with Crippen LogP contribution in [0.25, 0.3) is 0 Å². The van der Waals surface area contributed by atoms with Crippen molar-refractivity contribution < 1.29 is 19.3 Å². The van der Waals surface area contributed by atoms with Crippen LogP contribution in [0.1, 0.15) is 19.3 Å². The smallest absolute Gasteiger partial charge is 0.0704 e. The zero-order valence-corrected chi connectivity index (χ0v) is 8.78. The highest BCUT2D eigenvalue weighted by atomic mass is 16.5. The molecule has 0 aromatic carbocycles. The van der Waals surface area contributed by atoms with Gasteiger partial charge < -0.3 is 19.3 Å². The monoisotopic (exact) mass is 204 g/mol. The molecule has 1 N–H and O–H groups in total. The number of methoxy groups -OCH3 is 1. The highest BCUT2D eigenvalue weighted by Gasteiger charge is 2.27. The second-order valence-corrected chi connectivity index (χ2v) is 3.58. The molecule has 0 heterocycles. The van der Waals surface area contributed by atoms with Gasteiger partial charge in [-0.15, -0.1) is 0 Å². The molecule has 0 spiro atoms. The van der Waals surface area contributed by atoms with Crippen molar-refractivity contribution in [3.63, 3.8) is 0 Å². The maximum atomic E-state index is 8.99. The zero-order valence-electron chi connectivity index (χ0n) is 8.78. The van der Waals surface area contributed by atoms with Crippen LogP contribution in [0.5, 0.6) is 0 Å². The molecule has 0 aliphatic heterocycles. The molecule has 0 saturated heterocycles. The van der Waals surface area contributed by atoms with Gasteiger partial charge in [-0.25, -0.2) is 0 Å². The number of ether oxygens (including phenoxy) is 3. The molecule has 0 aromatic rings. The molecule has 1 saturated carbocycles. The van der Waals surface area contributed by atoms with Gasteiger partial charge in [0, 0.05) is 20.3 Å². The summed E-state index contributed by atoms with van der Waals surface area (Å²) < 4.78 is 15.6. The van der Waals surface area contributed by atoms with Gasteiger partial charge in [-0.05, 0) is 19.3 Å². The summed E-state index contributed by atoms with van der Waals surface area (Å²) in [5.41, 5.74) is 0. The maximum Gasteiger partial charge on any atom is 0.0704 e. The van der Waals surface area contributed by atoms with Crippen molar-refractivity contribution in [2.45, 2.75) is 31.5 Å². The standard InChI is InChI=1S/C10H20O4/c1-12-3-2-4-13-5-6-14-10-7-9(11)8-10/h9-11H,2-8H2,1H3. The summed E-state index contributed by atoms with van der Waals surface area (Å²) in [5, 5.41) is 8.99. The summed E-state index contributed by atoms with van der Waals surface area (Å²) in [6, 6.07) is 0. The van der Waals surface area contributed by atoms with Crippen molar-refractivity contribution >= 4 is 0 Å². The van der Waals surface area contributed by atoms with Gasteiger partial charge in [0.05, 0.1) is 25.4 Å². The first-order valence-electron chi connectivity index (χ1n) is 5.19. The lowest BCUT2D eigenvalue weighted by Crippen LogP contribution is -2.36. The Morgan fingerprint density at radius 1 is 1.14 bits per heavy atom. The molecule has 0 unspecified atom stereocenters. The Balaban J connectivity index is 1.72. The predicted octanol–water partition coefficient (Wildman–Crippen LogP) is 0.579. The number of aliphatic hydroxyl groups excluding tert-OH is 1. The van der Waals surface area contributed by atoms with Crippen LogP contribution in [0.15, 0.2) is 0 Å². The van der Waals surface area contributed by atoms with Crippen LogP contribution >= 0.6 is 0 Å². The average molecular weight is 204 g/mol. The Morgan fingerprint density at radius 2 is 1.93 bits per heavy atom. The molecular formula is C10H20O4. The Bertz CT molecular complexity index is 134. The quantitative estimate of drug-likeness (QED) is 0.587. The molecule has 1 rings (SSSR count). The molecule has 84 valence electrons. The van der Waals surface area contributed by atoms with Crippen molar-refractivity contribution in [2.75, 3.05) is 33.5 Å². The highest BCUT2D eigenvalue weighted by molar-refractivity contribution is 4.78. The van der Waals surface area contributed by atoms with E-state index in [9.17, 15) is 0 Å². The van der Waals surface area contributed by atoms with Crippen molar-refractivity contribution in [3.05, 3.63) is 0 Å². The normalized spacial score (nSPS) is 26.1. The molecule has 0 bridgehead atoms. The molecule has 4 nitrogen and oxygen atoms in total. The van der Waals surface area contributed by atoms with Crippen molar-refractivity contribution in [3.8, 4) is 0 Å². The molecule has 1 aliphatic carbocycles. The third-order valence-corrected chi connectivity index (χ3v) is 2.29. The number of rotatable bonds is 8. The molecule has 0 aromatic heterocycles. The summed E-state index contributed by atoms with van der Waals surface area (Å²) in [6.45, 7) is 2.74. The van der Waals surface area contributed by atoms with E-state index in [2.05, 4.69) is 0 Å². The van der Waals surface area contributed by atoms with Crippen LogP contribution in [-0.4, -0.2) is 50.9 Å². The molecular weight excluding hydrogens is 184 g/mol. The summed E-state index contributed by atoms with van der Waals surface area (Å²) in [4.78, 5) is 0. The summed E-state index contributed by atoms with van der Waals surface area (Å²) >= 11 is 0. The van der Waals surface area contributed by atoms with E-state index in [0.717, 1.165) is 32.5 Å². The fourth-order valence-corrected chi connectivity index (χ4v) is 1.36. The van der Waals surface area contributed by atoms with Crippen molar-refractivity contribution in [1.29, 1.82) is 0 Å². The van der Waals surface area contributed by atoms with Crippen LogP contribution in [-0.2, 0) is 14.2 Å². The predicted molar refractivity (Wildman–Crippen MR) is 52.3 cm³/mol. The molecule has 0 amide bonds. The largest absolute Gasteiger partial charge is 0.393 e. The highest BCUT2D eigenvalue weighted by Crippen LogP contribution is 2.22. The van der Waals surface area contributed by atoms with Crippen molar-refractivity contribution in [1.82, 2.24) is 0 Å². The topological polar surface area (TPSA) is 47.9 Å². The first kappa shape index (κ1) is 11.9. The zero-order chi connectivity index (χ0) is 10.2. The van der Waals surface area contributed by atoms with E-state index in [1.807, 2.05) is 0 Å². The van der Waals surface area contributed by atoms with Gasteiger partial charge in [0.1, 0.15) is 0 Å². The Hall–Kier alpha value is -0.160. The van der Waals surface area contributed by atoms with E-state index in [1.165, 1.54) is 0 Å². The molecule has 1 fully saturated rings. The number of hydrogen-bond donors (Lipinski definition) is 1. The Labute approximate surface area is 85.2 Å². The summed E-state index contributed by atoms with van der Waals surface area (Å²) in [5.74, 6) is 0. The molecule has 0 radical (unpaired) electrons. The van der Waals surface area contributed by atoms with E-state index in [-0.39, 0.29) is 12.2 Å². The van der Waals surface area contributed by atoms with E-state index in [4.69, 9.17) is 19.3 Å². The third kappa shape index (κ3) is 4.91. The average Bonchev–Trinajstić information content (AvgIpc) is 2.13. The Morgan fingerprint density at radius 3 is 2.57 bits per heavy atom. The fraction of sp³-hybridized carbons (Fsp3) is 1.00. The second-order valence-electron chi connectivity index (χ2n) is 3.58. The van der Waals surface area contributed by atoms with Crippen LogP contribution in [0, 0.1) is 0 Å². The van der Waals surface area contributed by atoms with E-state index < -0.39 is 0 Å². The summed E-state index contributed by atoms with van der Waals surface area (Å²) in [6.07, 6.45) is 2.61. The van der Waals surface area contributed by atoms with Gasteiger partial charge >= 0.3 is 0 Å². The van der Waals surface area contributed by atoms with Gasteiger partial charge in [-0.2, -0.15) is 0 Å². The minimum Gasteiger partial charge on any atom is -0.393 e. The first-order chi connectivity index (χ1) is 6.83. The lowest BCUT2D eigenvalue weighted by Gasteiger charge is -2.31. The minimum absolute atomic E-state index is 0.136. The first-order valence-corrected chi connectivity index (χ1v) is 5.19. The van der Waals surface area contributed by atoms with Crippen LogP contribution in [0.2, 0.25) is 0 Å². The van der Waals surface area contributed by atoms with Gasteiger partial charge in [0.2, 0.25) is 0 Å². The SMILES string of the molecule is COCCCOCCOC1CC(O)C1. The molecule has 14 heavy (non-hydrogen) atoms. The molecule has 0 atom stereocenters. The Kier molecular flexibility index (Phi) is 6.10. The summed E-state index contributed by atoms with van der Waals surface area (Å²) in [7, 11) is 1.69. The van der Waals surface area contributed by atoms with Gasteiger partial charge in [0.15, 0.2) is 0 Å². The van der Waals surface area contributed by atoms with Gasteiger partial charge in [-0.1, -0.05) is 0 Å². The van der Waals surface area contributed by atoms with E-state index >= 15 is 0 Å². The number of hydrogen-bond acceptors (Lipinski definition) is 4. The minimum atomic E-state index is -0.136. The van der Waals surface area contributed by atoms with Gasteiger partial charge in [-0.3, -0.25) is 0 Å². The third-order valence-electron chi connectivity index (χ3n) is 2.29. The van der Waals surface area contributed by atoms with Crippen LogP contribution in [0.3, 0.4) is 0 Å². The lowest BCUT2D eigenvalue weighted by molar-refractivity contribution is -0.0841. The van der Waals surface area contributed by atoms with E-state index in [1.54, 1.807) is 7.11 Å². The maximum absolute atomic E-state index is 8.99. The molecule has 4 heteroatoms. The van der Waals surface area contributed by atoms with E-state index in [0.29, 0.717) is 13.2 Å². The van der Waals surface area contributed by atoms with Crippen LogP contribution < -0.4 is 0 Å². The van der Waals surface area contributed by atoms with Crippen molar-refractivity contribution in [2.24, 2.45) is 0 Å².